The van der Waals surface area contributed by atoms with Crippen molar-refractivity contribution in [3.8, 4) is 0 Å². The summed E-state index contributed by atoms with van der Waals surface area (Å²) in [6.45, 7) is 0. The van der Waals surface area contributed by atoms with Gasteiger partial charge < -0.3 is 0 Å². The number of benzene rings is 2. The van der Waals surface area contributed by atoms with Gasteiger partial charge in [0.25, 0.3) is 0 Å². The summed E-state index contributed by atoms with van der Waals surface area (Å²) < 4.78 is 0. The van der Waals surface area contributed by atoms with Gasteiger partial charge in [-0.1, -0.05) is 46.9 Å². The normalized spacial score (nSPS) is 12.4. The van der Waals surface area contributed by atoms with Crippen LogP contribution in [0.3, 0.4) is 0 Å². The number of hydrogen-bond acceptors (Lipinski definition) is 0. The van der Waals surface area contributed by atoms with Gasteiger partial charge in [0.15, 0.2) is 0 Å². The lowest BCUT2D eigenvalue weighted by Gasteiger charge is -2.15. The van der Waals surface area contributed by atoms with E-state index in [1.807, 2.05) is 36.4 Å². The molecule has 0 spiro atoms. The Hall–Kier alpha value is -0.400. The molecule has 0 aliphatic rings. The summed E-state index contributed by atoms with van der Waals surface area (Å²) in [4.78, 5) is 0. The van der Waals surface area contributed by atoms with Gasteiger partial charge in [0.05, 0.1) is 0 Å². The van der Waals surface area contributed by atoms with Crippen LogP contribution in [-0.4, -0.2) is 5.88 Å². The Labute approximate surface area is 133 Å². The Kier molecular flexibility index (Phi) is 5.41. The Morgan fingerprint density at radius 1 is 0.842 bits per heavy atom. The van der Waals surface area contributed by atoms with E-state index < -0.39 is 0 Å². The molecule has 100 valence electrons. The Morgan fingerprint density at radius 2 is 1.47 bits per heavy atom. The summed E-state index contributed by atoms with van der Waals surface area (Å²) in [5, 5.41) is 2.12. The van der Waals surface area contributed by atoms with E-state index >= 15 is 0 Å². The molecule has 0 bridgehead atoms. The van der Waals surface area contributed by atoms with Crippen LogP contribution in [0.1, 0.15) is 17.0 Å². The minimum atomic E-state index is 0.190. The highest BCUT2D eigenvalue weighted by molar-refractivity contribution is 6.33. The third kappa shape index (κ3) is 4.03. The first-order valence-corrected chi connectivity index (χ1v) is 7.52. The monoisotopic (exact) mass is 332 g/mol. The van der Waals surface area contributed by atoms with Crippen LogP contribution in [0.15, 0.2) is 42.5 Å². The third-order valence-electron chi connectivity index (χ3n) is 3.00. The Morgan fingerprint density at radius 3 is 2.11 bits per heavy atom. The summed E-state index contributed by atoms with van der Waals surface area (Å²) in [5.74, 6) is 0.708. The van der Waals surface area contributed by atoms with Gasteiger partial charge >= 0.3 is 0 Å². The minimum absolute atomic E-state index is 0.190. The van der Waals surface area contributed by atoms with E-state index in [0.717, 1.165) is 22.6 Å². The summed E-state index contributed by atoms with van der Waals surface area (Å²) in [7, 11) is 0. The first-order valence-electron chi connectivity index (χ1n) is 5.85. The van der Waals surface area contributed by atoms with Gasteiger partial charge in [0.2, 0.25) is 0 Å². The van der Waals surface area contributed by atoms with Gasteiger partial charge in [-0.25, -0.2) is 0 Å². The van der Waals surface area contributed by atoms with Crippen molar-refractivity contribution in [2.75, 3.05) is 5.88 Å². The lowest BCUT2D eigenvalue weighted by molar-refractivity contribution is 0.766. The SMILES string of the molecule is ClCC(Cc1cc(Cl)ccc1Cl)c1ccc(Cl)cc1. The maximum absolute atomic E-state index is 6.19. The molecule has 2 aromatic rings. The summed E-state index contributed by atoms with van der Waals surface area (Å²) in [5.41, 5.74) is 2.16. The number of rotatable bonds is 4. The van der Waals surface area contributed by atoms with Gasteiger partial charge in [0, 0.05) is 26.9 Å². The minimum Gasteiger partial charge on any atom is -0.126 e. The molecule has 0 aromatic heterocycles. The molecule has 0 fully saturated rings. The molecule has 0 nitrogen and oxygen atoms in total. The summed E-state index contributed by atoms with van der Waals surface area (Å²) in [6.07, 6.45) is 0.754. The predicted molar refractivity (Wildman–Crippen MR) is 85.1 cm³/mol. The van der Waals surface area contributed by atoms with E-state index in [0.29, 0.717) is 15.9 Å². The topological polar surface area (TPSA) is 0 Å². The fraction of sp³-hybridized carbons (Fsp3) is 0.200. The standard InChI is InChI=1S/C15H12Cl4/c16-9-12(10-1-3-13(17)4-2-10)7-11-8-14(18)5-6-15(11)19/h1-6,8,12H,7,9H2. The molecule has 0 heterocycles. The molecule has 1 unspecified atom stereocenters. The fourth-order valence-electron chi connectivity index (χ4n) is 1.96. The lowest BCUT2D eigenvalue weighted by Crippen LogP contribution is -2.05. The largest absolute Gasteiger partial charge is 0.126 e. The van der Waals surface area contributed by atoms with Gasteiger partial charge in [-0.15, -0.1) is 11.6 Å². The van der Waals surface area contributed by atoms with E-state index in [9.17, 15) is 0 Å². The molecule has 0 N–H and O–H groups in total. The first kappa shape index (κ1) is 15.0. The molecule has 2 rings (SSSR count). The first-order chi connectivity index (χ1) is 9.10. The summed E-state index contributed by atoms with van der Waals surface area (Å²) >= 11 is 24.2. The highest BCUT2D eigenvalue weighted by atomic mass is 35.5. The number of hydrogen-bond donors (Lipinski definition) is 0. The molecule has 0 amide bonds. The van der Waals surface area contributed by atoms with Crippen LogP contribution in [0.5, 0.6) is 0 Å². The van der Waals surface area contributed by atoms with Crippen molar-refractivity contribution in [2.24, 2.45) is 0 Å². The number of alkyl halides is 1. The molecule has 0 saturated heterocycles. The van der Waals surface area contributed by atoms with Crippen LogP contribution < -0.4 is 0 Å². The smallest absolute Gasteiger partial charge is 0.0439 e. The zero-order valence-corrected chi connectivity index (χ0v) is 13.1. The molecular formula is C15H12Cl4. The highest BCUT2D eigenvalue weighted by Gasteiger charge is 2.13. The van der Waals surface area contributed by atoms with Crippen LogP contribution in [-0.2, 0) is 6.42 Å². The zero-order chi connectivity index (χ0) is 13.8. The molecular weight excluding hydrogens is 322 g/mol. The molecule has 19 heavy (non-hydrogen) atoms. The van der Waals surface area contributed by atoms with Crippen LogP contribution in [0, 0.1) is 0 Å². The van der Waals surface area contributed by atoms with E-state index in [-0.39, 0.29) is 5.92 Å². The van der Waals surface area contributed by atoms with E-state index in [4.69, 9.17) is 46.4 Å². The maximum atomic E-state index is 6.19. The van der Waals surface area contributed by atoms with Gasteiger partial charge in [-0.3, -0.25) is 0 Å². The van der Waals surface area contributed by atoms with Crippen molar-refractivity contribution in [1.82, 2.24) is 0 Å². The molecule has 0 radical (unpaired) electrons. The van der Waals surface area contributed by atoms with Crippen LogP contribution >= 0.6 is 46.4 Å². The Bertz CT molecular complexity index is 549. The van der Waals surface area contributed by atoms with Crippen LogP contribution in [0.4, 0.5) is 0 Å². The van der Waals surface area contributed by atoms with Gasteiger partial charge in [0.1, 0.15) is 0 Å². The van der Waals surface area contributed by atoms with Crippen molar-refractivity contribution in [1.29, 1.82) is 0 Å². The van der Waals surface area contributed by atoms with Crippen molar-refractivity contribution < 1.29 is 0 Å². The van der Waals surface area contributed by atoms with Gasteiger partial charge in [-0.05, 0) is 47.9 Å². The lowest BCUT2D eigenvalue weighted by atomic mass is 9.93. The van der Waals surface area contributed by atoms with Crippen molar-refractivity contribution in [3.05, 3.63) is 68.7 Å². The third-order valence-corrected chi connectivity index (χ3v) is 4.23. The summed E-state index contributed by atoms with van der Waals surface area (Å²) in [6, 6.07) is 13.2. The van der Waals surface area contributed by atoms with E-state index in [1.165, 1.54) is 0 Å². The molecule has 1 atom stereocenters. The molecule has 0 saturated carbocycles. The number of halogens is 4. The van der Waals surface area contributed by atoms with Crippen molar-refractivity contribution >= 4 is 46.4 Å². The van der Waals surface area contributed by atoms with Crippen LogP contribution in [0.25, 0.3) is 0 Å². The molecule has 0 aliphatic carbocycles. The van der Waals surface area contributed by atoms with Crippen molar-refractivity contribution in [3.63, 3.8) is 0 Å². The second-order valence-electron chi connectivity index (χ2n) is 4.34. The quantitative estimate of drug-likeness (QED) is 0.583. The van der Waals surface area contributed by atoms with Gasteiger partial charge in [-0.2, -0.15) is 0 Å². The highest BCUT2D eigenvalue weighted by Crippen LogP contribution is 2.29. The fourth-order valence-corrected chi connectivity index (χ4v) is 2.76. The molecule has 0 aliphatic heterocycles. The average molecular weight is 334 g/mol. The molecule has 4 heteroatoms. The van der Waals surface area contributed by atoms with E-state index in [1.54, 1.807) is 6.07 Å². The second kappa shape index (κ2) is 6.85. The van der Waals surface area contributed by atoms with Crippen LogP contribution in [0.2, 0.25) is 15.1 Å². The second-order valence-corrected chi connectivity index (χ2v) is 5.93. The maximum Gasteiger partial charge on any atom is 0.0439 e. The zero-order valence-electron chi connectivity index (χ0n) is 10.0. The average Bonchev–Trinajstić information content (AvgIpc) is 2.41. The molecule has 2 aromatic carbocycles. The Balaban J connectivity index is 2.23. The van der Waals surface area contributed by atoms with Crippen molar-refractivity contribution in [2.45, 2.75) is 12.3 Å². The predicted octanol–water partition coefficient (Wildman–Crippen LogP) is 6.21. The van der Waals surface area contributed by atoms with E-state index in [2.05, 4.69) is 0 Å².